The predicted molar refractivity (Wildman–Crippen MR) is 77.8 cm³/mol. The number of alkyl halides is 3. The first kappa shape index (κ1) is 16.7. The Kier molecular flexibility index (Phi) is 4.96. The number of nitrogens with zero attached hydrogens (tertiary/aromatic N) is 2. The largest absolute Gasteiger partial charge is 0.433 e. The van der Waals surface area contributed by atoms with Crippen LogP contribution in [-0.4, -0.2) is 23.1 Å². The lowest BCUT2D eigenvalue weighted by Crippen LogP contribution is -2.35. The Morgan fingerprint density at radius 2 is 1.85 bits per heavy atom. The summed E-state index contributed by atoms with van der Waals surface area (Å²) in [7, 11) is 1.69. The molecule has 0 saturated carbocycles. The van der Waals surface area contributed by atoms with Crippen LogP contribution in [0.1, 0.15) is 32.0 Å². The molecule has 7 heteroatoms. The van der Waals surface area contributed by atoms with Crippen LogP contribution in [-0.2, 0) is 6.18 Å². The normalized spacial score (nSPS) is 13.4. The lowest BCUT2D eigenvalue weighted by Gasteiger charge is -2.30. The first-order valence-corrected chi connectivity index (χ1v) is 6.57. The van der Waals surface area contributed by atoms with E-state index in [0.717, 1.165) is 6.07 Å². The van der Waals surface area contributed by atoms with Crippen LogP contribution in [0.5, 0.6) is 0 Å². The van der Waals surface area contributed by atoms with Crippen LogP contribution < -0.4 is 10.6 Å². The molecule has 0 amide bonds. The molecule has 0 aromatic carbocycles. The molecule has 20 heavy (non-hydrogen) atoms. The van der Waals surface area contributed by atoms with Gasteiger partial charge in [0.15, 0.2) is 0 Å². The molecule has 1 unspecified atom stereocenters. The lowest BCUT2D eigenvalue weighted by atomic mass is 10.0. The SMILES string of the molecule is CC(C)C(C)N(C)c1nc(C(F)(F)F)ccc1C(N)=S. The molecule has 0 spiro atoms. The van der Waals surface area contributed by atoms with E-state index >= 15 is 0 Å². The number of nitrogens with two attached hydrogens (primary N) is 1. The van der Waals surface area contributed by atoms with E-state index in [1.165, 1.54) is 6.07 Å². The Morgan fingerprint density at radius 3 is 2.25 bits per heavy atom. The Balaban J connectivity index is 3.36. The summed E-state index contributed by atoms with van der Waals surface area (Å²) in [6.07, 6.45) is -4.49. The quantitative estimate of drug-likeness (QED) is 0.867. The van der Waals surface area contributed by atoms with E-state index in [4.69, 9.17) is 18.0 Å². The molecule has 0 fully saturated rings. The van der Waals surface area contributed by atoms with Crippen molar-refractivity contribution < 1.29 is 13.2 Å². The maximum atomic E-state index is 12.8. The Bertz CT molecular complexity index is 500. The molecule has 1 aromatic rings. The number of hydrogen-bond acceptors (Lipinski definition) is 3. The fourth-order valence-electron chi connectivity index (χ4n) is 1.71. The summed E-state index contributed by atoms with van der Waals surface area (Å²) in [5.41, 5.74) is 4.97. The summed E-state index contributed by atoms with van der Waals surface area (Å²) >= 11 is 4.89. The van der Waals surface area contributed by atoms with Gasteiger partial charge in [-0.05, 0) is 25.0 Å². The minimum absolute atomic E-state index is 0.000848. The first-order valence-electron chi connectivity index (χ1n) is 6.16. The molecule has 2 N–H and O–H groups in total. The zero-order chi connectivity index (χ0) is 15.7. The third kappa shape index (κ3) is 3.59. The van der Waals surface area contributed by atoms with E-state index in [9.17, 15) is 13.2 Å². The molecule has 0 saturated heterocycles. The molecular formula is C13H18F3N3S. The summed E-state index contributed by atoms with van der Waals surface area (Å²) < 4.78 is 38.3. The van der Waals surface area contributed by atoms with Crippen molar-refractivity contribution in [3.05, 3.63) is 23.4 Å². The number of rotatable bonds is 4. The fraction of sp³-hybridized carbons (Fsp3) is 0.538. The maximum absolute atomic E-state index is 12.8. The molecule has 0 aliphatic heterocycles. The zero-order valence-corrected chi connectivity index (χ0v) is 12.6. The smallest absolute Gasteiger partial charge is 0.389 e. The Labute approximate surface area is 122 Å². The Morgan fingerprint density at radius 1 is 1.30 bits per heavy atom. The van der Waals surface area contributed by atoms with E-state index in [1.54, 1.807) is 11.9 Å². The van der Waals surface area contributed by atoms with Crippen molar-refractivity contribution >= 4 is 23.0 Å². The topological polar surface area (TPSA) is 42.2 Å². The molecule has 1 aromatic heterocycles. The van der Waals surface area contributed by atoms with Gasteiger partial charge in [-0.15, -0.1) is 0 Å². The van der Waals surface area contributed by atoms with Gasteiger partial charge >= 0.3 is 6.18 Å². The van der Waals surface area contributed by atoms with E-state index < -0.39 is 11.9 Å². The standard InChI is InChI=1S/C13H18F3N3S/c1-7(2)8(3)19(4)12-9(11(17)20)5-6-10(18-12)13(14,15)16/h5-8H,1-4H3,(H2,17,20). The molecule has 1 atom stereocenters. The van der Waals surface area contributed by atoms with Crippen LogP contribution in [0.15, 0.2) is 12.1 Å². The summed E-state index contributed by atoms with van der Waals surface area (Å²) in [6.45, 7) is 5.88. The average Bonchev–Trinajstić information content (AvgIpc) is 2.34. The van der Waals surface area contributed by atoms with Crippen molar-refractivity contribution in [3.8, 4) is 0 Å². The van der Waals surface area contributed by atoms with Gasteiger partial charge in [0.05, 0.1) is 5.56 Å². The third-order valence-electron chi connectivity index (χ3n) is 3.34. The average molecular weight is 305 g/mol. The molecule has 1 rings (SSSR count). The molecule has 3 nitrogen and oxygen atoms in total. The highest BCUT2D eigenvalue weighted by atomic mass is 32.1. The molecule has 0 aliphatic rings. The summed E-state index contributed by atoms with van der Waals surface area (Å²) in [6, 6.07) is 2.17. The van der Waals surface area contributed by atoms with Gasteiger partial charge < -0.3 is 10.6 Å². The molecule has 0 radical (unpaired) electrons. The van der Waals surface area contributed by atoms with E-state index in [1.807, 2.05) is 20.8 Å². The van der Waals surface area contributed by atoms with Crippen molar-refractivity contribution in [1.82, 2.24) is 4.98 Å². The van der Waals surface area contributed by atoms with Gasteiger partial charge in [-0.2, -0.15) is 13.2 Å². The van der Waals surface area contributed by atoms with Gasteiger partial charge in [0.25, 0.3) is 0 Å². The monoisotopic (exact) mass is 305 g/mol. The number of anilines is 1. The van der Waals surface area contributed by atoms with Gasteiger partial charge in [0.1, 0.15) is 16.5 Å². The van der Waals surface area contributed by atoms with Gasteiger partial charge in [-0.3, -0.25) is 0 Å². The number of pyridine rings is 1. The highest BCUT2D eigenvalue weighted by molar-refractivity contribution is 7.80. The minimum atomic E-state index is -4.49. The second-order valence-corrected chi connectivity index (χ2v) is 5.47. The van der Waals surface area contributed by atoms with Gasteiger partial charge in [-0.25, -0.2) is 4.98 Å². The van der Waals surface area contributed by atoms with Gasteiger partial charge in [-0.1, -0.05) is 26.1 Å². The third-order valence-corrected chi connectivity index (χ3v) is 3.56. The second kappa shape index (κ2) is 5.95. The van der Waals surface area contributed by atoms with Crippen molar-refractivity contribution in [1.29, 1.82) is 0 Å². The minimum Gasteiger partial charge on any atom is -0.389 e. The van der Waals surface area contributed by atoms with Crippen LogP contribution in [0.4, 0.5) is 19.0 Å². The Hall–Kier alpha value is -1.37. The first-order chi connectivity index (χ1) is 9.05. The molecule has 1 heterocycles. The van der Waals surface area contributed by atoms with E-state index in [-0.39, 0.29) is 22.8 Å². The van der Waals surface area contributed by atoms with Crippen LogP contribution >= 0.6 is 12.2 Å². The fourth-order valence-corrected chi connectivity index (χ4v) is 1.87. The van der Waals surface area contributed by atoms with Crippen molar-refractivity contribution in [2.45, 2.75) is 33.0 Å². The maximum Gasteiger partial charge on any atom is 0.433 e. The zero-order valence-electron chi connectivity index (χ0n) is 11.8. The molecule has 0 aliphatic carbocycles. The summed E-state index contributed by atoms with van der Waals surface area (Å²) in [4.78, 5) is 5.41. The highest BCUT2D eigenvalue weighted by Crippen LogP contribution is 2.31. The number of thiocarbonyl (C=S) groups is 1. The highest BCUT2D eigenvalue weighted by Gasteiger charge is 2.34. The number of halogens is 3. The van der Waals surface area contributed by atoms with Crippen LogP contribution in [0.2, 0.25) is 0 Å². The van der Waals surface area contributed by atoms with E-state index in [0.29, 0.717) is 5.56 Å². The number of hydrogen-bond donors (Lipinski definition) is 1. The van der Waals surface area contributed by atoms with E-state index in [2.05, 4.69) is 4.98 Å². The van der Waals surface area contributed by atoms with Crippen molar-refractivity contribution in [3.63, 3.8) is 0 Å². The molecule has 0 bridgehead atoms. The van der Waals surface area contributed by atoms with Crippen LogP contribution in [0.3, 0.4) is 0 Å². The van der Waals surface area contributed by atoms with Crippen molar-refractivity contribution in [2.75, 3.05) is 11.9 Å². The van der Waals surface area contributed by atoms with Crippen LogP contribution in [0, 0.1) is 5.92 Å². The van der Waals surface area contributed by atoms with Gasteiger partial charge in [0, 0.05) is 13.1 Å². The van der Waals surface area contributed by atoms with Gasteiger partial charge in [0.2, 0.25) is 0 Å². The predicted octanol–water partition coefficient (Wildman–Crippen LogP) is 3.22. The molecular weight excluding hydrogens is 287 g/mol. The summed E-state index contributed by atoms with van der Waals surface area (Å²) in [5.74, 6) is 0.407. The number of aromatic nitrogens is 1. The van der Waals surface area contributed by atoms with Crippen molar-refractivity contribution in [2.24, 2.45) is 11.7 Å². The lowest BCUT2D eigenvalue weighted by molar-refractivity contribution is -0.141. The van der Waals surface area contributed by atoms with Crippen LogP contribution in [0.25, 0.3) is 0 Å². The summed E-state index contributed by atoms with van der Waals surface area (Å²) in [5, 5.41) is 0. The second-order valence-electron chi connectivity index (χ2n) is 5.03. The molecule has 112 valence electrons.